The van der Waals surface area contributed by atoms with E-state index in [0.717, 1.165) is 12.1 Å². The molecule has 1 unspecified atom stereocenters. The third-order valence-corrected chi connectivity index (χ3v) is 4.53. The Kier molecular flexibility index (Phi) is 3.29. The molecule has 6 heteroatoms. The predicted molar refractivity (Wildman–Crippen MR) is 64.3 cm³/mol. The van der Waals surface area contributed by atoms with Crippen LogP contribution in [-0.4, -0.2) is 30.9 Å². The van der Waals surface area contributed by atoms with E-state index in [1.807, 2.05) is 6.07 Å². The molecule has 1 atom stereocenters. The highest BCUT2D eigenvalue weighted by Crippen LogP contribution is 2.17. The number of sulfone groups is 1. The Bertz CT molecular complexity index is 548. The molecule has 0 amide bonds. The Balaban J connectivity index is 2.08. The lowest BCUT2D eigenvalue weighted by Gasteiger charge is -2.23. The fraction of sp³-hybridized carbons (Fsp3) is 0.455. The molecule has 0 radical (unpaired) electrons. The van der Waals surface area contributed by atoms with Gasteiger partial charge >= 0.3 is 0 Å². The molecule has 2 rings (SSSR count). The highest BCUT2D eigenvalue weighted by molar-refractivity contribution is 7.91. The first-order valence-electron chi connectivity index (χ1n) is 5.42. The molecule has 1 N–H and O–H groups in total. The quantitative estimate of drug-likeness (QED) is 0.845. The van der Waals surface area contributed by atoms with Crippen LogP contribution in [0.15, 0.2) is 18.3 Å². The summed E-state index contributed by atoms with van der Waals surface area (Å²) < 4.78 is 22.9. The first-order valence-corrected chi connectivity index (χ1v) is 7.24. The summed E-state index contributed by atoms with van der Waals surface area (Å²) in [6.07, 6.45) is 3.07. The predicted octanol–water partition coefficient (Wildman–Crippen LogP) is 0.942. The molecule has 1 aromatic heterocycles. The Morgan fingerprint density at radius 3 is 3.06 bits per heavy atom. The van der Waals surface area contributed by atoms with Crippen molar-refractivity contribution in [3.05, 3.63) is 24.0 Å². The van der Waals surface area contributed by atoms with Crippen molar-refractivity contribution in [3.8, 4) is 6.07 Å². The molecule has 5 nitrogen and oxygen atoms in total. The molecule has 0 saturated carbocycles. The van der Waals surface area contributed by atoms with Gasteiger partial charge in [0.05, 0.1) is 11.5 Å². The molecule has 0 spiro atoms. The SMILES string of the molecule is N#Cc1cc(NC2CCCS(=O)(=O)C2)ccn1. The summed E-state index contributed by atoms with van der Waals surface area (Å²) in [6.45, 7) is 0. The highest BCUT2D eigenvalue weighted by atomic mass is 32.2. The lowest BCUT2D eigenvalue weighted by Crippen LogP contribution is -2.34. The molecule has 1 saturated heterocycles. The summed E-state index contributed by atoms with van der Waals surface area (Å²) in [5.74, 6) is 0.447. The number of hydrogen-bond donors (Lipinski definition) is 1. The number of hydrogen-bond acceptors (Lipinski definition) is 5. The van der Waals surface area contributed by atoms with Crippen LogP contribution in [0.25, 0.3) is 0 Å². The van der Waals surface area contributed by atoms with Crippen LogP contribution >= 0.6 is 0 Å². The van der Waals surface area contributed by atoms with Crippen molar-refractivity contribution in [1.82, 2.24) is 4.98 Å². The van der Waals surface area contributed by atoms with Crippen LogP contribution in [-0.2, 0) is 9.84 Å². The van der Waals surface area contributed by atoms with Gasteiger partial charge in [-0.25, -0.2) is 13.4 Å². The first-order chi connectivity index (χ1) is 8.09. The Morgan fingerprint density at radius 1 is 1.53 bits per heavy atom. The van der Waals surface area contributed by atoms with Gasteiger partial charge in [0.1, 0.15) is 11.8 Å². The molecule has 90 valence electrons. The minimum Gasteiger partial charge on any atom is -0.381 e. The molecule has 1 aliphatic heterocycles. The maximum absolute atomic E-state index is 11.5. The molecule has 0 bridgehead atoms. The smallest absolute Gasteiger partial charge is 0.152 e. The average molecular weight is 251 g/mol. The monoisotopic (exact) mass is 251 g/mol. The molecule has 2 heterocycles. The van der Waals surface area contributed by atoms with Gasteiger partial charge in [-0.1, -0.05) is 0 Å². The third kappa shape index (κ3) is 3.17. The summed E-state index contributed by atoms with van der Waals surface area (Å²) >= 11 is 0. The summed E-state index contributed by atoms with van der Waals surface area (Å²) in [5, 5.41) is 11.9. The normalized spacial score (nSPS) is 22.6. The number of nitrogens with one attached hydrogen (secondary N) is 1. The van der Waals surface area contributed by atoms with Crippen LogP contribution in [0.3, 0.4) is 0 Å². The van der Waals surface area contributed by atoms with Crippen LogP contribution < -0.4 is 5.32 Å². The molecule has 1 aromatic rings. The zero-order chi connectivity index (χ0) is 12.3. The van der Waals surface area contributed by atoms with Crippen LogP contribution in [0.1, 0.15) is 18.5 Å². The second-order valence-corrected chi connectivity index (χ2v) is 6.37. The number of aromatic nitrogens is 1. The number of nitrogens with zero attached hydrogens (tertiary/aromatic N) is 2. The molecule has 0 aliphatic carbocycles. The van der Waals surface area contributed by atoms with Gasteiger partial charge in [-0.05, 0) is 25.0 Å². The van der Waals surface area contributed by atoms with Crippen LogP contribution in [0.5, 0.6) is 0 Å². The van der Waals surface area contributed by atoms with E-state index in [-0.39, 0.29) is 17.5 Å². The maximum atomic E-state index is 11.5. The Hall–Kier alpha value is -1.61. The molecule has 1 aliphatic rings. The van der Waals surface area contributed by atoms with Crippen molar-refractivity contribution in [1.29, 1.82) is 5.26 Å². The van der Waals surface area contributed by atoms with Crippen molar-refractivity contribution in [2.75, 3.05) is 16.8 Å². The van der Waals surface area contributed by atoms with E-state index in [1.165, 1.54) is 6.20 Å². The van der Waals surface area contributed by atoms with E-state index in [2.05, 4.69) is 10.3 Å². The fourth-order valence-corrected chi connectivity index (χ4v) is 3.59. The zero-order valence-electron chi connectivity index (χ0n) is 9.26. The Labute approximate surface area is 100 Å². The maximum Gasteiger partial charge on any atom is 0.152 e. The van der Waals surface area contributed by atoms with Crippen molar-refractivity contribution >= 4 is 15.5 Å². The van der Waals surface area contributed by atoms with Gasteiger partial charge in [0.15, 0.2) is 9.84 Å². The average Bonchev–Trinajstić information content (AvgIpc) is 2.28. The lowest BCUT2D eigenvalue weighted by molar-refractivity contribution is 0.562. The van der Waals surface area contributed by atoms with Gasteiger partial charge in [0.25, 0.3) is 0 Å². The summed E-state index contributed by atoms with van der Waals surface area (Å²) in [6, 6.07) is 5.25. The summed E-state index contributed by atoms with van der Waals surface area (Å²) in [5.41, 5.74) is 1.08. The second kappa shape index (κ2) is 4.72. The van der Waals surface area contributed by atoms with E-state index in [0.29, 0.717) is 12.1 Å². The number of nitriles is 1. The third-order valence-electron chi connectivity index (χ3n) is 2.71. The number of anilines is 1. The molecular formula is C11H13N3O2S. The molecular weight excluding hydrogens is 238 g/mol. The standard InChI is InChI=1S/C11H13N3O2S/c12-7-11-6-9(3-4-13-11)14-10-2-1-5-17(15,16)8-10/h3-4,6,10H,1-2,5,8H2,(H,13,14). The van der Waals surface area contributed by atoms with Gasteiger partial charge < -0.3 is 5.32 Å². The van der Waals surface area contributed by atoms with Crippen molar-refractivity contribution in [2.24, 2.45) is 0 Å². The van der Waals surface area contributed by atoms with E-state index < -0.39 is 9.84 Å². The zero-order valence-corrected chi connectivity index (χ0v) is 10.1. The van der Waals surface area contributed by atoms with Crippen LogP contribution in [0.2, 0.25) is 0 Å². The van der Waals surface area contributed by atoms with E-state index in [4.69, 9.17) is 5.26 Å². The van der Waals surface area contributed by atoms with Gasteiger partial charge in [0, 0.05) is 17.9 Å². The largest absolute Gasteiger partial charge is 0.381 e. The van der Waals surface area contributed by atoms with E-state index >= 15 is 0 Å². The van der Waals surface area contributed by atoms with Gasteiger partial charge in [-0.2, -0.15) is 5.26 Å². The first kappa shape index (κ1) is 11.9. The fourth-order valence-electron chi connectivity index (χ4n) is 1.95. The van der Waals surface area contributed by atoms with Crippen LogP contribution in [0, 0.1) is 11.3 Å². The minimum absolute atomic E-state index is 0.0670. The van der Waals surface area contributed by atoms with E-state index in [9.17, 15) is 8.42 Å². The van der Waals surface area contributed by atoms with Crippen molar-refractivity contribution in [3.63, 3.8) is 0 Å². The van der Waals surface area contributed by atoms with E-state index in [1.54, 1.807) is 12.1 Å². The van der Waals surface area contributed by atoms with Gasteiger partial charge in [0.2, 0.25) is 0 Å². The Morgan fingerprint density at radius 2 is 2.35 bits per heavy atom. The summed E-state index contributed by atoms with van der Waals surface area (Å²) in [4.78, 5) is 3.86. The highest BCUT2D eigenvalue weighted by Gasteiger charge is 2.24. The number of pyridine rings is 1. The van der Waals surface area contributed by atoms with Gasteiger partial charge in [-0.3, -0.25) is 0 Å². The molecule has 17 heavy (non-hydrogen) atoms. The number of rotatable bonds is 2. The molecule has 1 fully saturated rings. The lowest BCUT2D eigenvalue weighted by atomic mass is 10.2. The van der Waals surface area contributed by atoms with Crippen LogP contribution in [0.4, 0.5) is 5.69 Å². The minimum atomic E-state index is -2.91. The van der Waals surface area contributed by atoms with Gasteiger partial charge in [-0.15, -0.1) is 0 Å². The second-order valence-electron chi connectivity index (χ2n) is 4.14. The van der Waals surface area contributed by atoms with Crippen molar-refractivity contribution < 1.29 is 8.42 Å². The topological polar surface area (TPSA) is 82.9 Å². The molecule has 0 aromatic carbocycles. The summed E-state index contributed by atoms with van der Waals surface area (Å²) in [7, 11) is -2.91. The van der Waals surface area contributed by atoms with Crippen molar-refractivity contribution in [2.45, 2.75) is 18.9 Å².